The van der Waals surface area contributed by atoms with Crippen molar-refractivity contribution in [3.63, 3.8) is 0 Å². The number of hydrogen-bond acceptors (Lipinski definition) is 2. The molecule has 2 aromatic rings. The molecule has 4 nitrogen and oxygen atoms in total. The van der Waals surface area contributed by atoms with E-state index in [4.69, 9.17) is 0 Å². The first-order chi connectivity index (χ1) is 8.36. The first-order valence-electron chi connectivity index (χ1n) is 5.38. The number of hydrogen-bond donors (Lipinski definition) is 1. The van der Waals surface area contributed by atoms with Gasteiger partial charge in [0.2, 0.25) is 0 Å². The molecule has 0 amide bonds. The molecule has 18 heavy (non-hydrogen) atoms. The van der Waals surface area contributed by atoms with Gasteiger partial charge < -0.3 is 9.67 Å². The molecule has 0 radical (unpaired) electrons. The summed E-state index contributed by atoms with van der Waals surface area (Å²) in [6.45, 7) is 3.40. The molecule has 0 unspecified atom stereocenters. The Morgan fingerprint density at radius 1 is 1.28 bits per heavy atom. The third-order valence-electron chi connectivity index (χ3n) is 3.18. The van der Waals surface area contributed by atoms with Crippen LogP contribution in [0, 0.1) is 13.8 Å². The Kier molecular flexibility index (Phi) is 3.02. The number of rotatable bonds is 1. The van der Waals surface area contributed by atoms with Crippen LogP contribution in [0.5, 0.6) is 0 Å². The average molecular weight is 310 g/mol. The molecular formula is C13H12BrNO3. The molecule has 5 heteroatoms. The zero-order chi connectivity index (χ0) is 13.6. The summed E-state index contributed by atoms with van der Waals surface area (Å²) >= 11 is 3.39. The van der Waals surface area contributed by atoms with Gasteiger partial charge in [0.15, 0.2) is 0 Å². The van der Waals surface area contributed by atoms with Gasteiger partial charge in [0.25, 0.3) is 5.56 Å². The highest BCUT2D eigenvalue weighted by molar-refractivity contribution is 9.10. The fourth-order valence-corrected chi connectivity index (χ4v) is 2.57. The molecule has 0 fully saturated rings. The lowest BCUT2D eigenvalue weighted by Gasteiger charge is -2.13. The number of nitrogens with zero attached hydrogens (tertiary/aromatic N) is 1. The minimum atomic E-state index is -1.07. The highest BCUT2D eigenvalue weighted by atomic mass is 79.9. The molecule has 1 heterocycles. The lowest BCUT2D eigenvalue weighted by molar-refractivity contribution is 0.0698. The Hall–Kier alpha value is -1.62. The summed E-state index contributed by atoms with van der Waals surface area (Å²) in [5.74, 6) is -1.07. The van der Waals surface area contributed by atoms with E-state index < -0.39 is 5.97 Å². The predicted molar refractivity (Wildman–Crippen MR) is 73.3 cm³/mol. The highest BCUT2D eigenvalue weighted by Gasteiger charge is 2.19. The van der Waals surface area contributed by atoms with Crippen LogP contribution in [0.3, 0.4) is 0 Å². The van der Waals surface area contributed by atoms with Crippen molar-refractivity contribution in [2.45, 2.75) is 13.8 Å². The fraction of sp³-hybridized carbons (Fsp3) is 0.231. The first kappa shape index (κ1) is 12.8. The van der Waals surface area contributed by atoms with Crippen LogP contribution < -0.4 is 5.56 Å². The number of aryl methyl sites for hydroxylation is 2. The fourth-order valence-electron chi connectivity index (χ4n) is 2.25. The maximum atomic E-state index is 12.1. The van der Waals surface area contributed by atoms with E-state index in [0.717, 1.165) is 10.0 Å². The molecule has 0 aliphatic heterocycles. The second-order valence-electron chi connectivity index (χ2n) is 4.24. The molecule has 0 aliphatic rings. The Bertz CT molecular complexity index is 731. The van der Waals surface area contributed by atoms with Crippen LogP contribution in [0.15, 0.2) is 21.4 Å². The summed E-state index contributed by atoms with van der Waals surface area (Å²) in [7, 11) is 1.66. The van der Waals surface area contributed by atoms with Gasteiger partial charge in [-0.05, 0) is 25.5 Å². The van der Waals surface area contributed by atoms with Gasteiger partial charge in [0.05, 0.1) is 11.1 Å². The summed E-state index contributed by atoms with van der Waals surface area (Å²) in [5, 5.41) is 9.87. The maximum Gasteiger partial charge on any atom is 0.336 e. The molecule has 2 rings (SSSR count). The van der Waals surface area contributed by atoms with Crippen molar-refractivity contribution in [3.05, 3.63) is 43.6 Å². The molecule has 1 N–H and O–H groups in total. The third-order valence-corrected chi connectivity index (χ3v) is 4.04. The number of carboxylic acid groups (broad SMARTS) is 1. The molecule has 0 bridgehead atoms. The summed E-state index contributed by atoms with van der Waals surface area (Å²) in [4.78, 5) is 23.4. The number of aromatic nitrogens is 1. The molecule has 0 atom stereocenters. The number of fused-ring (bicyclic) bond motifs is 1. The van der Waals surface area contributed by atoms with E-state index in [9.17, 15) is 14.7 Å². The number of carboxylic acids is 1. The summed E-state index contributed by atoms with van der Waals surface area (Å²) in [6, 6.07) is 3.52. The second kappa shape index (κ2) is 4.24. The molecule has 94 valence electrons. The number of carbonyl (C=O) groups is 1. The summed E-state index contributed by atoms with van der Waals surface area (Å²) < 4.78 is 2.35. The van der Waals surface area contributed by atoms with E-state index >= 15 is 0 Å². The minimum Gasteiger partial charge on any atom is -0.478 e. The van der Waals surface area contributed by atoms with Crippen LogP contribution in [-0.4, -0.2) is 15.6 Å². The number of halogens is 1. The first-order valence-corrected chi connectivity index (χ1v) is 6.17. The Balaban J connectivity index is 3.17. The van der Waals surface area contributed by atoms with E-state index in [1.807, 2.05) is 6.92 Å². The quantitative estimate of drug-likeness (QED) is 0.881. The smallest absolute Gasteiger partial charge is 0.336 e. The van der Waals surface area contributed by atoms with Gasteiger partial charge in [0.1, 0.15) is 0 Å². The van der Waals surface area contributed by atoms with Crippen molar-refractivity contribution in [3.8, 4) is 0 Å². The predicted octanol–water partition coefficient (Wildman–Crippen LogP) is 2.62. The Morgan fingerprint density at radius 2 is 1.89 bits per heavy atom. The van der Waals surface area contributed by atoms with Gasteiger partial charge in [-0.1, -0.05) is 22.0 Å². The third kappa shape index (κ3) is 1.66. The van der Waals surface area contributed by atoms with Gasteiger partial charge in [-0.25, -0.2) is 4.79 Å². The van der Waals surface area contributed by atoms with E-state index in [1.54, 1.807) is 26.1 Å². The van der Waals surface area contributed by atoms with Crippen LogP contribution >= 0.6 is 15.9 Å². The summed E-state index contributed by atoms with van der Waals surface area (Å²) in [5.41, 5.74) is 1.58. The Morgan fingerprint density at radius 3 is 2.44 bits per heavy atom. The number of benzene rings is 1. The van der Waals surface area contributed by atoms with Gasteiger partial charge in [0, 0.05) is 22.5 Å². The van der Waals surface area contributed by atoms with E-state index in [0.29, 0.717) is 10.9 Å². The Labute approximate surface area is 112 Å². The normalized spacial score (nSPS) is 10.9. The van der Waals surface area contributed by atoms with Crippen molar-refractivity contribution in [1.82, 2.24) is 4.57 Å². The van der Waals surface area contributed by atoms with Crippen LogP contribution in [0.25, 0.3) is 10.9 Å². The van der Waals surface area contributed by atoms with E-state index in [-0.39, 0.29) is 16.7 Å². The molecule has 0 aliphatic carbocycles. The summed E-state index contributed by atoms with van der Waals surface area (Å²) in [6.07, 6.45) is 0. The van der Waals surface area contributed by atoms with E-state index in [1.165, 1.54) is 4.57 Å². The standard InChI is InChI=1S/C13H12BrNO3/c1-6-9(14)5-4-8-10(13(17)18)7(2)12(16)15(3)11(6)8/h4-5H,1-3H3,(H,17,18). The minimum absolute atomic E-state index is 0.0868. The van der Waals surface area contributed by atoms with Crippen molar-refractivity contribution < 1.29 is 9.90 Å². The highest BCUT2D eigenvalue weighted by Crippen LogP contribution is 2.27. The monoisotopic (exact) mass is 309 g/mol. The van der Waals surface area contributed by atoms with Crippen LogP contribution in [-0.2, 0) is 7.05 Å². The maximum absolute atomic E-state index is 12.1. The number of pyridine rings is 1. The zero-order valence-corrected chi connectivity index (χ0v) is 11.8. The largest absolute Gasteiger partial charge is 0.478 e. The van der Waals surface area contributed by atoms with Crippen LogP contribution in [0.4, 0.5) is 0 Å². The van der Waals surface area contributed by atoms with Gasteiger partial charge >= 0.3 is 5.97 Å². The van der Waals surface area contributed by atoms with Crippen LogP contribution in [0.2, 0.25) is 0 Å². The van der Waals surface area contributed by atoms with Gasteiger partial charge in [-0.2, -0.15) is 0 Å². The molecule has 1 aromatic heterocycles. The molecule has 1 aromatic carbocycles. The molecule has 0 saturated carbocycles. The number of aromatic carboxylic acids is 1. The lowest BCUT2D eigenvalue weighted by atomic mass is 10.0. The molecule has 0 saturated heterocycles. The van der Waals surface area contributed by atoms with Crippen molar-refractivity contribution in [2.75, 3.05) is 0 Å². The second-order valence-corrected chi connectivity index (χ2v) is 5.09. The zero-order valence-electron chi connectivity index (χ0n) is 10.2. The topological polar surface area (TPSA) is 59.3 Å². The SMILES string of the molecule is Cc1c(C(=O)O)c2ccc(Br)c(C)c2n(C)c1=O. The van der Waals surface area contributed by atoms with Crippen molar-refractivity contribution in [1.29, 1.82) is 0 Å². The van der Waals surface area contributed by atoms with Crippen molar-refractivity contribution >= 4 is 32.8 Å². The van der Waals surface area contributed by atoms with Crippen LogP contribution in [0.1, 0.15) is 21.5 Å². The van der Waals surface area contributed by atoms with Gasteiger partial charge in [-0.15, -0.1) is 0 Å². The average Bonchev–Trinajstić information content (AvgIpc) is 2.30. The molecular weight excluding hydrogens is 298 g/mol. The molecule has 0 spiro atoms. The van der Waals surface area contributed by atoms with Gasteiger partial charge in [-0.3, -0.25) is 4.79 Å². The van der Waals surface area contributed by atoms with Crippen molar-refractivity contribution in [2.24, 2.45) is 7.05 Å². The van der Waals surface area contributed by atoms with E-state index in [2.05, 4.69) is 15.9 Å². The lowest BCUT2D eigenvalue weighted by Crippen LogP contribution is -2.24.